The van der Waals surface area contributed by atoms with E-state index in [1.54, 1.807) is 24.1 Å². The Morgan fingerprint density at radius 3 is 3.00 bits per heavy atom. The molecule has 0 bridgehead atoms. The first-order chi connectivity index (χ1) is 10.6. The van der Waals surface area contributed by atoms with Gasteiger partial charge in [-0.1, -0.05) is 17.3 Å². The van der Waals surface area contributed by atoms with Crippen LogP contribution in [-0.4, -0.2) is 58.0 Å². The van der Waals surface area contributed by atoms with Gasteiger partial charge in [0.15, 0.2) is 0 Å². The van der Waals surface area contributed by atoms with Crippen LogP contribution in [0.15, 0.2) is 24.3 Å². The normalized spacial score (nSPS) is 19.8. The topological polar surface area (TPSA) is 77.3 Å². The van der Waals surface area contributed by atoms with Crippen molar-refractivity contribution in [2.75, 3.05) is 20.3 Å². The van der Waals surface area contributed by atoms with Crippen molar-refractivity contribution in [1.29, 1.82) is 0 Å². The van der Waals surface area contributed by atoms with E-state index in [9.17, 15) is 9.59 Å². The Morgan fingerprint density at radius 1 is 1.45 bits per heavy atom. The fourth-order valence-corrected chi connectivity index (χ4v) is 2.86. The third kappa shape index (κ3) is 2.48. The van der Waals surface area contributed by atoms with Crippen LogP contribution in [0.5, 0.6) is 0 Å². The number of carbonyl (C=O) groups excluding carboxylic acids is 2. The Kier molecular flexibility index (Phi) is 3.89. The molecule has 1 aromatic heterocycles. The van der Waals surface area contributed by atoms with Crippen molar-refractivity contribution in [1.82, 2.24) is 19.9 Å². The van der Waals surface area contributed by atoms with E-state index in [-0.39, 0.29) is 24.3 Å². The van der Waals surface area contributed by atoms with Crippen molar-refractivity contribution in [3.8, 4) is 0 Å². The summed E-state index contributed by atoms with van der Waals surface area (Å²) in [5, 5.41) is 7.92. The number of para-hydroxylation sites is 1. The molecule has 1 saturated heterocycles. The minimum atomic E-state index is -0.392. The third-order valence-electron chi connectivity index (χ3n) is 4.01. The highest BCUT2D eigenvalue weighted by molar-refractivity contribution is 5.94. The number of benzene rings is 1. The van der Waals surface area contributed by atoms with Crippen LogP contribution in [0.4, 0.5) is 0 Å². The highest BCUT2D eigenvalue weighted by Crippen LogP contribution is 2.23. The van der Waals surface area contributed by atoms with Crippen molar-refractivity contribution in [3.05, 3.63) is 24.3 Å². The predicted octanol–water partition coefficient (Wildman–Crippen LogP) is 0.955. The summed E-state index contributed by atoms with van der Waals surface area (Å²) in [4.78, 5) is 26.5. The molecule has 2 atom stereocenters. The van der Waals surface area contributed by atoms with Crippen molar-refractivity contribution in [3.63, 3.8) is 0 Å². The number of hydrogen-bond donors (Lipinski definition) is 0. The molecule has 1 aliphatic heterocycles. The van der Waals surface area contributed by atoms with Gasteiger partial charge in [0, 0.05) is 20.1 Å². The molecule has 7 heteroatoms. The van der Waals surface area contributed by atoms with E-state index < -0.39 is 5.92 Å². The summed E-state index contributed by atoms with van der Waals surface area (Å²) in [7, 11) is 1.60. The first kappa shape index (κ1) is 14.6. The number of methoxy groups -OCH3 is 1. The number of carbonyl (C=O) groups is 2. The number of aromatic nitrogens is 3. The number of likely N-dealkylation sites (tertiary alicyclic amines) is 1. The molecule has 1 aliphatic rings. The molecule has 22 heavy (non-hydrogen) atoms. The highest BCUT2D eigenvalue weighted by Gasteiger charge is 2.37. The molecule has 0 unspecified atom stereocenters. The molecule has 0 N–H and O–H groups in total. The van der Waals surface area contributed by atoms with Gasteiger partial charge in [0.2, 0.25) is 5.91 Å². The van der Waals surface area contributed by atoms with E-state index in [0.29, 0.717) is 24.2 Å². The fourth-order valence-electron chi connectivity index (χ4n) is 2.86. The average Bonchev–Trinajstić information content (AvgIpc) is 3.10. The van der Waals surface area contributed by atoms with E-state index in [1.165, 1.54) is 4.68 Å². The zero-order valence-electron chi connectivity index (χ0n) is 12.6. The number of fused-ring (bicyclic) bond motifs is 1. The van der Waals surface area contributed by atoms with Crippen LogP contribution in [0, 0.1) is 5.92 Å². The zero-order chi connectivity index (χ0) is 15.7. The Balaban J connectivity index is 1.80. The maximum absolute atomic E-state index is 12.6. The molecule has 0 saturated carbocycles. The smallest absolute Gasteiger partial charge is 0.254 e. The van der Waals surface area contributed by atoms with E-state index in [2.05, 4.69) is 10.3 Å². The van der Waals surface area contributed by atoms with Crippen LogP contribution in [0.2, 0.25) is 0 Å². The number of nitrogens with zero attached hydrogens (tertiary/aromatic N) is 4. The second kappa shape index (κ2) is 5.84. The van der Waals surface area contributed by atoms with Gasteiger partial charge in [0.25, 0.3) is 5.91 Å². The molecule has 116 valence electrons. The van der Waals surface area contributed by atoms with Crippen LogP contribution in [0.25, 0.3) is 11.0 Å². The molecule has 1 amide bonds. The lowest BCUT2D eigenvalue weighted by molar-refractivity contribution is -0.130. The lowest BCUT2D eigenvalue weighted by Gasteiger charge is -2.23. The number of ether oxygens (including phenoxy) is 1. The van der Waals surface area contributed by atoms with Crippen molar-refractivity contribution in [2.45, 2.75) is 19.4 Å². The molecule has 1 fully saturated rings. The molecule has 2 aromatic rings. The maximum atomic E-state index is 12.6. The van der Waals surface area contributed by atoms with Crippen LogP contribution >= 0.6 is 0 Å². The Morgan fingerprint density at radius 2 is 2.23 bits per heavy atom. The molecular weight excluding hydrogens is 284 g/mol. The summed E-state index contributed by atoms with van der Waals surface area (Å²) in [6, 6.07) is 7.25. The molecule has 0 spiro atoms. The van der Waals surface area contributed by atoms with Gasteiger partial charge in [-0.15, -0.1) is 5.10 Å². The van der Waals surface area contributed by atoms with Crippen LogP contribution in [0.1, 0.15) is 18.1 Å². The average molecular weight is 302 g/mol. The largest absolute Gasteiger partial charge is 0.383 e. The van der Waals surface area contributed by atoms with Gasteiger partial charge < -0.3 is 9.64 Å². The Hall–Kier alpha value is -2.28. The molecule has 0 radical (unpaired) electrons. The van der Waals surface area contributed by atoms with Gasteiger partial charge in [-0.3, -0.25) is 9.59 Å². The van der Waals surface area contributed by atoms with E-state index in [4.69, 9.17) is 4.74 Å². The summed E-state index contributed by atoms with van der Waals surface area (Å²) in [5.74, 6) is -0.599. The van der Waals surface area contributed by atoms with Crippen molar-refractivity contribution >= 4 is 22.8 Å². The highest BCUT2D eigenvalue weighted by atomic mass is 16.5. The lowest BCUT2D eigenvalue weighted by Crippen LogP contribution is -2.38. The number of rotatable bonds is 4. The summed E-state index contributed by atoms with van der Waals surface area (Å²) in [5.41, 5.74) is 1.34. The van der Waals surface area contributed by atoms with Crippen LogP contribution < -0.4 is 0 Å². The second-order valence-electron chi connectivity index (χ2n) is 5.58. The predicted molar refractivity (Wildman–Crippen MR) is 79.3 cm³/mol. The van der Waals surface area contributed by atoms with Gasteiger partial charge in [-0.05, 0) is 19.1 Å². The molecule has 1 aromatic carbocycles. The van der Waals surface area contributed by atoms with Crippen molar-refractivity contribution < 1.29 is 14.3 Å². The monoisotopic (exact) mass is 302 g/mol. The summed E-state index contributed by atoms with van der Waals surface area (Å²) >= 11 is 0. The SMILES string of the molecule is COC[C@@H](C)N1C[C@@H](C(=O)n2nnc3ccccc32)CC1=O. The minimum Gasteiger partial charge on any atom is -0.383 e. The number of hydrogen-bond acceptors (Lipinski definition) is 5. The minimum absolute atomic E-state index is 0.0210. The molecule has 7 nitrogen and oxygen atoms in total. The van der Waals surface area contributed by atoms with Crippen molar-refractivity contribution in [2.24, 2.45) is 5.92 Å². The number of amides is 1. The van der Waals surface area contributed by atoms with E-state index in [1.807, 2.05) is 19.1 Å². The van der Waals surface area contributed by atoms with Gasteiger partial charge in [-0.25, -0.2) is 0 Å². The maximum Gasteiger partial charge on any atom is 0.254 e. The zero-order valence-corrected chi connectivity index (χ0v) is 12.6. The Bertz CT molecular complexity index is 712. The van der Waals surface area contributed by atoms with Gasteiger partial charge in [-0.2, -0.15) is 4.68 Å². The summed E-state index contributed by atoms with van der Waals surface area (Å²) in [6.45, 7) is 2.77. The second-order valence-corrected chi connectivity index (χ2v) is 5.58. The lowest BCUT2D eigenvalue weighted by atomic mass is 10.1. The van der Waals surface area contributed by atoms with Crippen LogP contribution in [0.3, 0.4) is 0 Å². The Labute approximate surface area is 127 Å². The van der Waals surface area contributed by atoms with Crippen LogP contribution in [-0.2, 0) is 9.53 Å². The third-order valence-corrected chi connectivity index (χ3v) is 4.01. The first-order valence-corrected chi connectivity index (χ1v) is 7.25. The quantitative estimate of drug-likeness (QED) is 0.840. The summed E-state index contributed by atoms with van der Waals surface area (Å²) in [6.07, 6.45) is 0.209. The summed E-state index contributed by atoms with van der Waals surface area (Å²) < 4.78 is 6.39. The van der Waals surface area contributed by atoms with Gasteiger partial charge in [0.05, 0.1) is 24.1 Å². The standard InChI is InChI=1S/C15H18N4O3/c1-10(9-22-2)18-8-11(7-14(18)20)15(21)19-13-6-4-3-5-12(13)16-17-19/h3-6,10-11H,7-9H2,1-2H3/t10-,11+/m1/s1. The first-order valence-electron chi connectivity index (χ1n) is 7.25. The van der Waals surface area contributed by atoms with Gasteiger partial charge in [0.1, 0.15) is 5.52 Å². The molecular formula is C15H18N4O3. The molecule has 2 heterocycles. The van der Waals surface area contributed by atoms with E-state index in [0.717, 1.165) is 0 Å². The fraction of sp³-hybridized carbons (Fsp3) is 0.467. The van der Waals surface area contributed by atoms with E-state index >= 15 is 0 Å². The molecule has 3 rings (SSSR count). The van der Waals surface area contributed by atoms with Gasteiger partial charge >= 0.3 is 0 Å². The molecule has 0 aliphatic carbocycles.